The third-order valence-electron chi connectivity index (χ3n) is 5.26. The number of hydrogen-bond donors (Lipinski definition) is 0. The van der Waals surface area contributed by atoms with E-state index >= 15 is 0 Å². The molecule has 1 aromatic rings. The van der Waals surface area contributed by atoms with Crippen LogP contribution in [0.25, 0.3) is 6.08 Å². The monoisotopic (exact) mass is 433 g/mol. The molecule has 8 heteroatoms. The first-order chi connectivity index (χ1) is 14.5. The highest BCUT2D eigenvalue weighted by molar-refractivity contribution is 5.98. The van der Waals surface area contributed by atoms with Gasteiger partial charge in [0.2, 0.25) is 5.91 Å². The zero-order valence-corrected chi connectivity index (χ0v) is 19.8. The van der Waals surface area contributed by atoms with Gasteiger partial charge in [-0.1, -0.05) is 0 Å². The second kappa shape index (κ2) is 10.0. The molecule has 0 aliphatic carbocycles. The molecule has 172 valence electrons. The number of amides is 2. The smallest absolute Gasteiger partial charge is 0.410 e. The Bertz CT molecular complexity index is 856. The maximum absolute atomic E-state index is 12.7. The van der Waals surface area contributed by atoms with Gasteiger partial charge < -0.3 is 23.8 Å². The van der Waals surface area contributed by atoms with Gasteiger partial charge in [-0.15, -0.1) is 0 Å². The summed E-state index contributed by atoms with van der Waals surface area (Å²) in [4.78, 5) is 40.7. The van der Waals surface area contributed by atoms with Gasteiger partial charge in [0.15, 0.2) is 0 Å². The van der Waals surface area contributed by atoms with Gasteiger partial charge in [-0.05, 0) is 54.5 Å². The SMILES string of the molecule is CCOC(=O)c1c(/C=C/C(=O)N2CCN(C(=O)OC(C)(C)C)CC2)c(C)n(CC)c1C. The summed E-state index contributed by atoms with van der Waals surface area (Å²) in [5, 5.41) is 0. The molecule has 8 nitrogen and oxygen atoms in total. The lowest BCUT2D eigenvalue weighted by Gasteiger charge is -2.35. The Hall–Kier alpha value is -2.77. The lowest BCUT2D eigenvalue weighted by atomic mass is 10.1. The number of piperazine rings is 1. The van der Waals surface area contributed by atoms with Gasteiger partial charge in [-0.2, -0.15) is 0 Å². The summed E-state index contributed by atoms with van der Waals surface area (Å²) in [6.07, 6.45) is 2.83. The first-order valence-electron chi connectivity index (χ1n) is 10.8. The zero-order valence-electron chi connectivity index (χ0n) is 19.8. The number of rotatable bonds is 5. The Kier molecular flexibility index (Phi) is 7.92. The topological polar surface area (TPSA) is 81.1 Å². The highest BCUT2D eigenvalue weighted by atomic mass is 16.6. The third kappa shape index (κ3) is 5.89. The fourth-order valence-corrected chi connectivity index (χ4v) is 3.74. The van der Waals surface area contributed by atoms with E-state index in [1.54, 1.807) is 22.8 Å². The van der Waals surface area contributed by atoms with Crippen LogP contribution in [0.4, 0.5) is 4.79 Å². The van der Waals surface area contributed by atoms with Crippen LogP contribution < -0.4 is 0 Å². The van der Waals surface area contributed by atoms with Crippen LogP contribution in [-0.4, -0.2) is 70.7 Å². The first kappa shape index (κ1) is 24.5. The summed E-state index contributed by atoms with van der Waals surface area (Å²) >= 11 is 0. The van der Waals surface area contributed by atoms with Crippen LogP contribution in [0.2, 0.25) is 0 Å². The van der Waals surface area contributed by atoms with Gasteiger partial charge >= 0.3 is 12.1 Å². The normalized spacial score (nSPS) is 14.8. The molecule has 0 atom stereocenters. The summed E-state index contributed by atoms with van der Waals surface area (Å²) in [5.41, 5.74) is 2.41. The number of hydrogen-bond acceptors (Lipinski definition) is 5. The number of ether oxygens (including phenoxy) is 2. The van der Waals surface area contributed by atoms with Crippen LogP contribution in [0.5, 0.6) is 0 Å². The highest BCUT2D eigenvalue weighted by Gasteiger charge is 2.27. The van der Waals surface area contributed by atoms with E-state index in [0.717, 1.165) is 17.9 Å². The molecule has 1 fully saturated rings. The van der Waals surface area contributed by atoms with Crippen LogP contribution in [-0.2, 0) is 20.8 Å². The lowest BCUT2D eigenvalue weighted by Crippen LogP contribution is -2.51. The molecule has 0 radical (unpaired) electrons. The summed E-state index contributed by atoms with van der Waals surface area (Å²) in [5.74, 6) is -0.534. The predicted octanol–water partition coefficient (Wildman–Crippen LogP) is 3.39. The number of aromatic nitrogens is 1. The van der Waals surface area contributed by atoms with Crippen molar-refractivity contribution < 1.29 is 23.9 Å². The molecular weight excluding hydrogens is 398 g/mol. The molecule has 0 saturated carbocycles. The van der Waals surface area contributed by atoms with Crippen LogP contribution >= 0.6 is 0 Å². The fraction of sp³-hybridized carbons (Fsp3) is 0.609. The van der Waals surface area contributed by atoms with Crippen LogP contribution in [0.1, 0.15) is 61.9 Å². The number of nitrogens with zero attached hydrogens (tertiary/aromatic N) is 3. The standard InChI is InChI=1S/C23H35N3O5/c1-8-26-16(3)18(20(17(26)4)21(28)30-9-2)10-11-19(27)24-12-14-25(15-13-24)22(29)31-23(5,6)7/h10-11H,8-9,12-15H2,1-7H3/b11-10+. The van der Waals surface area contributed by atoms with E-state index in [9.17, 15) is 14.4 Å². The van der Waals surface area contributed by atoms with Crippen LogP contribution in [0.15, 0.2) is 6.08 Å². The van der Waals surface area contributed by atoms with Crippen molar-refractivity contribution in [3.8, 4) is 0 Å². The number of carbonyl (C=O) groups excluding carboxylic acids is 3. The molecule has 2 rings (SSSR count). The molecule has 0 N–H and O–H groups in total. The minimum atomic E-state index is -0.547. The van der Waals surface area contributed by atoms with Crippen LogP contribution in [0.3, 0.4) is 0 Å². The maximum Gasteiger partial charge on any atom is 0.410 e. The van der Waals surface area contributed by atoms with Crippen molar-refractivity contribution in [3.05, 3.63) is 28.6 Å². The van der Waals surface area contributed by atoms with E-state index in [2.05, 4.69) is 0 Å². The lowest BCUT2D eigenvalue weighted by molar-refractivity contribution is -0.127. The van der Waals surface area contributed by atoms with Crippen molar-refractivity contribution >= 4 is 24.0 Å². The van der Waals surface area contributed by atoms with E-state index in [-0.39, 0.29) is 18.0 Å². The Labute approximate surface area is 184 Å². The van der Waals surface area contributed by atoms with Gasteiger partial charge in [0.05, 0.1) is 12.2 Å². The molecule has 2 amide bonds. The van der Waals surface area contributed by atoms with E-state index in [1.807, 2.05) is 46.1 Å². The Balaban J connectivity index is 2.11. The number of carbonyl (C=O) groups is 3. The Morgan fingerprint density at radius 3 is 2.06 bits per heavy atom. The average molecular weight is 434 g/mol. The largest absolute Gasteiger partial charge is 0.462 e. The summed E-state index contributed by atoms with van der Waals surface area (Å²) < 4.78 is 12.7. The Morgan fingerprint density at radius 2 is 1.55 bits per heavy atom. The molecule has 0 bridgehead atoms. The predicted molar refractivity (Wildman–Crippen MR) is 119 cm³/mol. The van der Waals surface area contributed by atoms with Gasteiger partial charge in [0.1, 0.15) is 5.60 Å². The molecule has 1 aliphatic heterocycles. The second-order valence-electron chi connectivity index (χ2n) is 8.55. The molecule has 0 aromatic carbocycles. The molecular formula is C23H35N3O5. The van der Waals surface area contributed by atoms with E-state index in [1.165, 1.54) is 6.08 Å². The van der Waals surface area contributed by atoms with E-state index < -0.39 is 5.60 Å². The van der Waals surface area contributed by atoms with Crippen molar-refractivity contribution in [2.45, 2.75) is 60.6 Å². The van der Waals surface area contributed by atoms with Crippen LogP contribution in [0, 0.1) is 13.8 Å². The molecule has 1 aliphatic rings. The zero-order chi connectivity index (χ0) is 23.3. The summed E-state index contributed by atoms with van der Waals surface area (Å²) in [6, 6.07) is 0. The van der Waals surface area contributed by atoms with Crippen molar-refractivity contribution in [2.24, 2.45) is 0 Å². The van der Waals surface area contributed by atoms with Gasteiger partial charge in [-0.3, -0.25) is 4.79 Å². The van der Waals surface area contributed by atoms with Crippen molar-refractivity contribution in [1.29, 1.82) is 0 Å². The Morgan fingerprint density at radius 1 is 0.968 bits per heavy atom. The van der Waals surface area contributed by atoms with Crippen molar-refractivity contribution in [3.63, 3.8) is 0 Å². The average Bonchev–Trinajstić information content (AvgIpc) is 2.94. The highest BCUT2D eigenvalue weighted by Crippen LogP contribution is 2.25. The van der Waals surface area contributed by atoms with Gasteiger partial charge in [0.25, 0.3) is 0 Å². The molecule has 0 spiro atoms. The summed E-state index contributed by atoms with van der Waals surface area (Å²) in [6.45, 7) is 15.8. The number of esters is 1. The minimum Gasteiger partial charge on any atom is -0.462 e. The maximum atomic E-state index is 12.7. The second-order valence-corrected chi connectivity index (χ2v) is 8.55. The van der Waals surface area contributed by atoms with E-state index in [0.29, 0.717) is 43.9 Å². The summed E-state index contributed by atoms with van der Waals surface area (Å²) in [7, 11) is 0. The molecule has 1 aromatic heterocycles. The van der Waals surface area contributed by atoms with Crippen molar-refractivity contribution in [2.75, 3.05) is 32.8 Å². The van der Waals surface area contributed by atoms with Crippen molar-refractivity contribution in [1.82, 2.24) is 14.4 Å². The molecule has 2 heterocycles. The minimum absolute atomic E-state index is 0.153. The van der Waals surface area contributed by atoms with E-state index in [4.69, 9.17) is 9.47 Å². The molecule has 1 saturated heterocycles. The molecule has 31 heavy (non-hydrogen) atoms. The van der Waals surface area contributed by atoms with Gasteiger partial charge in [0, 0.05) is 55.8 Å². The van der Waals surface area contributed by atoms with Gasteiger partial charge in [-0.25, -0.2) is 9.59 Å². The third-order valence-corrected chi connectivity index (χ3v) is 5.26. The quantitative estimate of drug-likeness (QED) is 0.525. The molecule has 0 unspecified atom stereocenters. The fourth-order valence-electron chi connectivity index (χ4n) is 3.74. The first-order valence-corrected chi connectivity index (χ1v) is 10.8.